The fourth-order valence-electron chi connectivity index (χ4n) is 2.23. The topological polar surface area (TPSA) is 85.7 Å². The van der Waals surface area contributed by atoms with Crippen molar-refractivity contribution >= 4 is 28.1 Å². The molecule has 0 spiro atoms. The minimum atomic E-state index is -1.06. The zero-order valence-corrected chi connectivity index (χ0v) is 14.3. The predicted molar refractivity (Wildman–Crippen MR) is 91.0 cm³/mol. The average molecular weight is 346 g/mol. The number of nitrogens with zero attached hydrogens (tertiary/aromatic N) is 3. The Hall–Kier alpha value is -2.32. The standard InChI is InChI=1S/C16H18N4O3S/c1-3-22-10-13-18-19-15(24-13)17-14(21)16(2)9-12(20-23-16)11-7-5-4-6-8-11/h4-8H,3,9-10H2,1-2H3,(H,17,19,21)/t16-/m0/s1. The lowest BCUT2D eigenvalue weighted by Crippen LogP contribution is -2.40. The van der Waals surface area contributed by atoms with Gasteiger partial charge in [0.25, 0.3) is 5.91 Å². The predicted octanol–water partition coefficient (Wildman–Crippen LogP) is 2.60. The van der Waals surface area contributed by atoms with Gasteiger partial charge in [-0.3, -0.25) is 10.1 Å². The second kappa shape index (κ2) is 7.06. The van der Waals surface area contributed by atoms with Crippen LogP contribution in [0.4, 0.5) is 5.13 Å². The van der Waals surface area contributed by atoms with Gasteiger partial charge in [0.05, 0.1) is 5.71 Å². The van der Waals surface area contributed by atoms with Crippen molar-refractivity contribution in [3.8, 4) is 0 Å². The molecule has 2 aromatic rings. The van der Waals surface area contributed by atoms with Gasteiger partial charge in [0.1, 0.15) is 11.6 Å². The quantitative estimate of drug-likeness (QED) is 0.869. The van der Waals surface area contributed by atoms with E-state index in [1.165, 1.54) is 11.3 Å². The minimum absolute atomic E-state index is 0.295. The van der Waals surface area contributed by atoms with E-state index in [0.717, 1.165) is 11.3 Å². The van der Waals surface area contributed by atoms with Crippen molar-refractivity contribution in [1.82, 2.24) is 10.2 Å². The molecule has 0 saturated carbocycles. The summed E-state index contributed by atoms with van der Waals surface area (Å²) in [6.07, 6.45) is 0.396. The van der Waals surface area contributed by atoms with E-state index >= 15 is 0 Å². The number of oxime groups is 1. The number of nitrogens with one attached hydrogen (secondary N) is 1. The van der Waals surface area contributed by atoms with Crippen LogP contribution in [0.2, 0.25) is 0 Å². The van der Waals surface area contributed by atoms with Crippen molar-refractivity contribution in [2.45, 2.75) is 32.5 Å². The molecule has 1 aromatic carbocycles. The molecule has 1 atom stereocenters. The summed E-state index contributed by atoms with van der Waals surface area (Å²) < 4.78 is 5.27. The van der Waals surface area contributed by atoms with Crippen molar-refractivity contribution in [1.29, 1.82) is 0 Å². The first-order chi connectivity index (χ1) is 11.6. The number of anilines is 1. The highest BCUT2D eigenvalue weighted by molar-refractivity contribution is 7.15. The number of hydrogen-bond acceptors (Lipinski definition) is 7. The van der Waals surface area contributed by atoms with E-state index in [4.69, 9.17) is 9.57 Å². The highest BCUT2D eigenvalue weighted by Gasteiger charge is 2.42. The van der Waals surface area contributed by atoms with Crippen LogP contribution in [0.3, 0.4) is 0 Å². The molecule has 1 N–H and O–H groups in total. The Labute approximate surface area is 143 Å². The molecule has 2 heterocycles. The summed E-state index contributed by atoms with van der Waals surface area (Å²) in [5.41, 5.74) is 0.642. The zero-order chi connectivity index (χ0) is 17.0. The number of rotatable bonds is 6. The average Bonchev–Trinajstić information content (AvgIpc) is 3.21. The lowest BCUT2D eigenvalue weighted by atomic mass is 9.95. The molecule has 1 aliphatic heterocycles. The highest BCUT2D eigenvalue weighted by atomic mass is 32.1. The lowest BCUT2D eigenvalue weighted by molar-refractivity contribution is -0.135. The third-order valence-electron chi connectivity index (χ3n) is 3.57. The summed E-state index contributed by atoms with van der Waals surface area (Å²) in [6.45, 7) is 4.61. The summed E-state index contributed by atoms with van der Waals surface area (Å²) in [6, 6.07) is 9.66. The van der Waals surface area contributed by atoms with Gasteiger partial charge in [0, 0.05) is 13.0 Å². The molecule has 7 nitrogen and oxygen atoms in total. The van der Waals surface area contributed by atoms with Gasteiger partial charge in [0.2, 0.25) is 10.7 Å². The van der Waals surface area contributed by atoms with Gasteiger partial charge in [-0.15, -0.1) is 10.2 Å². The van der Waals surface area contributed by atoms with Crippen molar-refractivity contribution in [2.24, 2.45) is 5.16 Å². The third-order valence-corrected chi connectivity index (χ3v) is 4.38. The van der Waals surface area contributed by atoms with Crippen molar-refractivity contribution < 1.29 is 14.4 Å². The first-order valence-electron chi connectivity index (χ1n) is 7.63. The van der Waals surface area contributed by atoms with Crippen LogP contribution in [-0.2, 0) is 21.0 Å². The molecule has 24 heavy (non-hydrogen) atoms. The number of ether oxygens (including phenoxy) is 1. The van der Waals surface area contributed by atoms with E-state index in [9.17, 15) is 4.79 Å². The Morgan fingerprint density at radius 2 is 2.17 bits per heavy atom. The van der Waals surface area contributed by atoms with Gasteiger partial charge in [-0.1, -0.05) is 46.8 Å². The molecule has 0 bridgehead atoms. The van der Waals surface area contributed by atoms with Crippen molar-refractivity contribution in [3.05, 3.63) is 40.9 Å². The summed E-state index contributed by atoms with van der Waals surface area (Å²) in [5.74, 6) is -0.295. The van der Waals surface area contributed by atoms with Crippen LogP contribution in [0.5, 0.6) is 0 Å². The van der Waals surface area contributed by atoms with E-state index in [-0.39, 0.29) is 5.91 Å². The highest BCUT2D eigenvalue weighted by Crippen LogP contribution is 2.28. The number of carbonyl (C=O) groups excluding carboxylic acids is 1. The van der Waals surface area contributed by atoms with E-state index < -0.39 is 5.60 Å². The second-order valence-electron chi connectivity index (χ2n) is 5.50. The van der Waals surface area contributed by atoms with Gasteiger partial charge in [-0.2, -0.15) is 0 Å². The van der Waals surface area contributed by atoms with Crippen LogP contribution >= 0.6 is 11.3 Å². The van der Waals surface area contributed by atoms with E-state index in [0.29, 0.717) is 29.8 Å². The lowest BCUT2D eigenvalue weighted by Gasteiger charge is -2.19. The maximum atomic E-state index is 12.5. The minimum Gasteiger partial charge on any atom is -0.379 e. The van der Waals surface area contributed by atoms with E-state index in [2.05, 4.69) is 20.7 Å². The maximum absolute atomic E-state index is 12.5. The van der Waals surface area contributed by atoms with Gasteiger partial charge in [0.15, 0.2) is 0 Å². The number of aromatic nitrogens is 2. The number of benzene rings is 1. The van der Waals surface area contributed by atoms with Gasteiger partial charge < -0.3 is 9.57 Å². The van der Waals surface area contributed by atoms with Crippen LogP contribution in [0.15, 0.2) is 35.5 Å². The van der Waals surface area contributed by atoms with E-state index in [1.807, 2.05) is 37.3 Å². The van der Waals surface area contributed by atoms with Crippen LogP contribution < -0.4 is 5.32 Å². The molecule has 8 heteroatoms. The number of hydrogen-bond donors (Lipinski definition) is 1. The van der Waals surface area contributed by atoms with E-state index in [1.54, 1.807) is 6.92 Å². The molecular formula is C16H18N4O3S. The molecule has 0 unspecified atom stereocenters. The van der Waals surface area contributed by atoms with Gasteiger partial charge >= 0.3 is 0 Å². The fraction of sp³-hybridized carbons (Fsp3) is 0.375. The second-order valence-corrected chi connectivity index (χ2v) is 6.56. The van der Waals surface area contributed by atoms with Crippen LogP contribution in [0.25, 0.3) is 0 Å². The molecular weight excluding hydrogens is 328 g/mol. The molecule has 1 aliphatic rings. The van der Waals surface area contributed by atoms with Gasteiger partial charge in [-0.05, 0) is 19.4 Å². The largest absolute Gasteiger partial charge is 0.379 e. The molecule has 3 rings (SSSR count). The Balaban J connectivity index is 1.62. The van der Waals surface area contributed by atoms with Crippen LogP contribution in [0.1, 0.15) is 30.8 Å². The normalized spacial score (nSPS) is 19.7. The van der Waals surface area contributed by atoms with Crippen molar-refractivity contribution in [2.75, 3.05) is 11.9 Å². The summed E-state index contributed by atoms with van der Waals surface area (Å²) >= 11 is 1.28. The fourth-order valence-corrected chi connectivity index (χ4v) is 2.90. The van der Waals surface area contributed by atoms with Gasteiger partial charge in [-0.25, -0.2) is 0 Å². The monoisotopic (exact) mass is 346 g/mol. The number of carbonyl (C=O) groups is 1. The zero-order valence-electron chi connectivity index (χ0n) is 13.5. The molecule has 126 valence electrons. The third kappa shape index (κ3) is 3.60. The maximum Gasteiger partial charge on any atom is 0.273 e. The molecule has 1 aromatic heterocycles. The first kappa shape index (κ1) is 16.5. The molecule has 0 radical (unpaired) electrons. The number of amides is 1. The SMILES string of the molecule is CCOCc1nnc(NC(=O)[C@]2(C)CC(c3ccccc3)=NO2)s1. The smallest absolute Gasteiger partial charge is 0.273 e. The Bertz CT molecular complexity index is 747. The molecule has 1 amide bonds. The summed E-state index contributed by atoms with van der Waals surface area (Å²) in [4.78, 5) is 18.0. The first-order valence-corrected chi connectivity index (χ1v) is 8.44. The Kier molecular flexibility index (Phi) is 4.86. The molecule has 0 fully saturated rings. The Morgan fingerprint density at radius 1 is 1.38 bits per heavy atom. The van der Waals surface area contributed by atoms with Crippen molar-refractivity contribution in [3.63, 3.8) is 0 Å². The van der Waals surface area contributed by atoms with Crippen LogP contribution in [-0.4, -0.2) is 34.0 Å². The molecule has 0 aliphatic carbocycles. The summed E-state index contributed by atoms with van der Waals surface area (Å²) in [7, 11) is 0. The molecule has 0 saturated heterocycles. The summed E-state index contributed by atoms with van der Waals surface area (Å²) in [5, 5.41) is 15.9. The Morgan fingerprint density at radius 3 is 2.92 bits per heavy atom. The van der Waals surface area contributed by atoms with Crippen LogP contribution in [0, 0.1) is 0 Å².